The Hall–Kier alpha value is -1.18. The van der Waals surface area contributed by atoms with Gasteiger partial charge in [-0.3, -0.25) is 0 Å². The van der Waals surface area contributed by atoms with Gasteiger partial charge in [-0.05, 0) is 60.0 Å². The van der Waals surface area contributed by atoms with Gasteiger partial charge in [0.15, 0.2) is 0 Å². The highest BCUT2D eigenvalue weighted by Gasteiger charge is 2.25. The molecule has 1 aromatic rings. The van der Waals surface area contributed by atoms with E-state index in [0.717, 1.165) is 24.0 Å². The van der Waals surface area contributed by atoms with E-state index in [-0.39, 0.29) is 0 Å². The molecule has 0 bridgehead atoms. The van der Waals surface area contributed by atoms with Gasteiger partial charge in [-0.15, -0.1) is 0 Å². The molecule has 0 fully saturated rings. The quantitative estimate of drug-likeness (QED) is 0.472. The molecule has 2 heteroatoms. The van der Waals surface area contributed by atoms with Crippen LogP contribution in [0.5, 0.6) is 5.75 Å². The highest BCUT2D eigenvalue weighted by molar-refractivity contribution is 5.51. The van der Waals surface area contributed by atoms with Crippen molar-refractivity contribution in [3.8, 4) is 5.75 Å². The molecule has 0 radical (unpaired) electrons. The zero-order chi connectivity index (χ0) is 20.0. The molecule has 2 nitrogen and oxygen atoms in total. The number of hydrogen-bond donors (Lipinski definition) is 1. The van der Waals surface area contributed by atoms with Crippen molar-refractivity contribution >= 4 is 5.69 Å². The SMILES string of the molecule is CC(CCC(COc1ccccc1N)C(C)CC(C)(C)C)CC(C)(C)C. The Labute approximate surface area is 162 Å². The first kappa shape index (κ1) is 22.9. The zero-order valence-corrected chi connectivity index (χ0v) is 18.6. The van der Waals surface area contributed by atoms with E-state index in [1.165, 1.54) is 25.7 Å². The van der Waals surface area contributed by atoms with Crippen LogP contribution in [0.4, 0.5) is 5.69 Å². The third-order valence-electron chi connectivity index (χ3n) is 5.10. The Balaban J connectivity index is 2.70. The molecule has 0 aliphatic carbocycles. The second-order valence-electron chi connectivity index (χ2n) is 10.8. The van der Waals surface area contributed by atoms with E-state index < -0.39 is 0 Å². The Morgan fingerprint density at radius 1 is 0.885 bits per heavy atom. The fraction of sp³-hybridized carbons (Fsp3) is 0.750. The van der Waals surface area contributed by atoms with Crippen LogP contribution in [0.2, 0.25) is 0 Å². The van der Waals surface area contributed by atoms with Crippen LogP contribution < -0.4 is 10.5 Å². The van der Waals surface area contributed by atoms with Crippen LogP contribution >= 0.6 is 0 Å². The first-order valence-electron chi connectivity index (χ1n) is 10.3. The maximum absolute atomic E-state index is 6.14. The van der Waals surface area contributed by atoms with Crippen molar-refractivity contribution in [3.63, 3.8) is 0 Å². The van der Waals surface area contributed by atoms with Crippen molar-refractivity contribution in [2.75, 3.05) is 12.3 Å². The molecule has 0 saturated carbocycles. The van der Waals surface area contributed by atoms with Crippen molar-refractivity contribution in [1.82, 2.24) is 0 Å². The fourth-order valence-electron chi connectivity index (χ4n) is 4.12. The summed E-state index contributed by atoms with van der Waals surface area (Å²) >= 11 is 0. The number of para-hydroxylation sites is 2. The number of anilines is 1. The Morgan fingerprint density at radius 2 is 1.46 bits per heavy atom. The van der Waals surface area contributed by atoms with Gasteiger partial charge in [-0.25, -0.2) is 0 Å². The average Bonchev–Trinajstić information content (AvgIpc) is 2.45. The second kappa shape index (κ2) is 9.67. The number of hydrogen-bond acceptors (Lipinski definition) is 2. The first-order chi connectivity index (χ1) is 11.9. The number of nitrogen functional groups attached to an aromatic ring is 1. The van der Waals surface area contributed by atoms with Crippen molar-refractivity contribution in [3.05, 3.63) is 24.3 Å². The summed E-state index contributed by atoms with van der Waals surface area (Å²) in [7, 11) is 0. The van der Waals surface area contributed by atoms with Crippen molar-refractivity contribution in [2.24, 2.45) is 28.6 Å². The highest BCUT2D eigenvalue weighted by atomic mass is 16.5. The largest absolute Gasteiger partial charge is 0.491 e. The number of ether oxygens (including phenoxy) is 1. The molecule has 0 aliphatic rings. The molecule has 0 aliphatic heterocycles. The van der Waals surface area contributed by atoms with Gasteiger partial charge in [0.1, 0.15) is 5.75 Å². The third kappa shape index (κ3) is 9.50. The third-order valence-corrected chi connectivity index (χ3v) is 5.10. The van der Waals surface area contributed by atoms with Crippen molar-refractivity contribution in [2.45, 2.75) is 81.1 Å². The van der Waals surface area contributed by atoms with Gasteiger partial charge in [0, 0.05) is 0 Å². The average molecular weight is 362 g/mol. The van der Waals surface area contributed by atoms with E-state index in [1.54, 1.807) is 0 Å². The van der Waals surface area contributed by atoms with Crippen LogP contribution in [0.1, 0.15) is 81.1 Å². The molecule has 2 N–H and O–H groups in total. The van der Waals surface area contributed by atoms with Gasteiger partial charge < -0.3 is 10.5 Å². The topological polar surface area (TPSA) is 35.2 Å². The van der Waals surface area contributed by atoms with Crippen LogP contribution in [-0.4, -0.2) is 6.61 Å². The molecule has 3 unspecified atom stereocenters. The predicted molar refractivity (Wildman–Crippen MR) is 116 cm³/mol. The molecule has 3 atom stereocenters. The second-order valence-corrected chi connectivity index (χ2v) is 10.8. The van der Waals surface area contributed by atoms with Gasteiger partial charge in [0.2, 0.25) is 0 Å². The van der Waals surface area contributed by atoms with Crippen molar-refractivity contribution < 1.29 is 4.74 Å². The molecule has 0 amide bonds. The number of nitrogens with two attached hydrogens (primary N) is 1. The lowest BCUT2D eigenvalue weighted by molar-refractivity contribution is 0.148. The summed E-state index contributed by atoms with van der Waals surface area (Å²) in [6.45, 7) is 19.6. The van der Waals surface area contributed by atoms with E-state index in [0.29, 0.717) is 22.7 Å². The molecular weight excluding hydrogens is 318 g/mol. The zero-order valence-electron chi connectivity index (χ0n) is 18.6. The molecule has 1 rings (SSSR count). The Kier molecular flexibility index (Phi) is 8.50. The van der Waals surface area contributed by atoms with Gasteiger partial charge in [-0.1, -0.05) is 73.9 Å². The van der Waals surface area contributed by atoms with Gasteiger partial charge >= 0.3 is 0 Å². The molecule has 150 valence electrons. The fourth-order valence-corrected chi connectivity index (χ4v) is 4.12. The molecule has 0 aromatic heterocycles. The van der Waals surface area contributed by atoms with Crippen LogP contribution in [0.15, 0.2) is 24.3 Å². The summed E-state index contributed by atoms with van der Waals surface area (Å²) in [6, 6.07) is 7.83. The molecule has 26 heavy (non-hydrogen) atoms. The van der Waals surface area contributed by atoms with Crippen LogP contribution in [0.25, 0.3) is 0 Å². The van der Waals surface area contributed by atoms with Crippen LogP contribution in [0, 0.1) is 28.6 Å². The summed E-state index contributed by atoms with van der Waals surface area (Å²) in [5, 5.41) is 0. The predicted octanol–water partition coefficient (Wildman–Crippen LogP) is 7.19. The Bertz CT molecular complexity index is 524. The molecule has 0 heterocycles. The monoisotopic (exact) mass is 361 g/mol. The summed E-state index contributed by atoms with van der Waals surface area (Å²) in [5.74, 6) is 2.78. The van der Waals surface area contributed by atoms with E-state index in [2.05, 4.69) is 55.4 Å². The summed E-state index contributed by atoms with van der Waals surface area (Å²) in [5.41, 5.74) is 7.53. The summed E-state index contributed by atoms with van der Waals surface area (Å²) in [6.07, 6.45) is 4.99. The number of rotatable bonds is 9. The minimum atomic E-state index is 0.348. The minimum Gasteiger partial charge on any atom is -0.491 e. The molecular formula is C24H43NO. The van der Waals surface area contributed by atoms with Gasteiger partial charge in [-0.2, -0.15) is 0 Å². The molecule has 1 aromatic carbocycles. The lowest BCUT2D eigenvalue weighted by Gasteiger charge is -2.31. The highest BCUT2D eigenvalue weighted by Crippen LogP contribution is 2.34. The van der Waals surface area contributed by atoms with Gasteiger partial charge in [0.25, 0.3) is 0 Å². The Morgan fingerprint density at radius 3 is 2.00 bits per heavy atom. The summed E-state index contributed by atoms with van der Waals surface area (Å²) < 4.78 is 6.14. The first-order valence-corrected chi connectivity index (χ1v) is 10.3. The van der Waals surface area contributed by atoms with Gasteiger partial charge in [0.05, 0.1) is 12.3 Å². The van der Waals surface area contributed by atoms with Crippen LogP contribution in [-0.2, 0) is 0 Å². The van der Waals surface area contributed by atoms with Crippen LogP contribution in [0.3, 0.4) is 0 Å². The smallest absolute Gasteiger partial charge is 0.142 e. The minimum absolute atomic E-state index is 0.348. The number of benzene rings is 1. The normalized spacial score (nSPS) is 16.2. The van der Waals surface area contributed by atoms with E-state index in [9.17, 15) is 0 Å². The standard InChI is InChI=1S/C24H43NO/c1-18(15-23(3,4)5)13-14-20(19(2)16-24(6,7)8)17-26-22-12-10-9-11-21(22)25/h9-12,18-20H,13-17,25H2,1-8H3. The molecule has 0 spiro atoms. The summed E-state index contributed by atoms with van der Waals surface area (Å²) in [4.78, 5) is 0. The van der Waals surface area contributed by atoms with E-state index in [1.807, 2.05) is 24.3 Å². The van der Waals surface area contributed by atoms with E-state index >= 15 is 0 Å². The van der Waals surface area contributed by atoms with E-state index in [4.69, 9.17) is 10.5 Å². The van der Waals surface area contributed by atoms with Crippen molar-refractivity contribution in [1.29, 1.82) is 0 Å². The maximum atomic E-state index is 6.14. The lowest BCUT2D eigenvalue weighted by Crippen LogP contribution is -2.25. The lowest BCUT2D eigenvalue weighted by atomic mass is 9.76. The maximum Gasteiger partial charge on any atom is 0.142 e. The molecule has 0 saturated heterocycles.